The van der Waals surface area contributed by atoms with Gasteiger partial charge >= 0.3 is 5.97 Å². The summed E-state index contributed by atoms with van der Waals surface area (Å²) < 4.78 is 10.4. The van der Waals surface area contributed by atoms with Gasteiger partial charge in [0.25, 0.3) is 5.88 Å². The van der Waals surface area contributed by atoms with Crippen LogP contribution in [0.5, 0.6) is 5.75 Å². The lowest BCUT2D eigenvalue weighted by Crippen LogP contribution is -2.04. The SMILES string of the molecule is O=C(OC/N=N/c1oc(-c2ccc(Cl)cc2)cc1O)c1ccccc1. The number of hydrogen-bond acceptors (Lipinski definition) is 6. The highest BCUT2D eigenvalue weighted by atomic mass is 35.5. The van der Waals surface area contributed by atoms with Gasteiger partial charge in [0.1, 0.15) is 5.76 Å². The van der Waals surface area contributed by atoms with E-state index in [1.807, 2.05) is 0 Å². The molecule has 0 aliphatic carbocycles. The molecule has 2 aromatic carbocycles. The number of nitrogens with zero attached hydrogens (tertiary/aromatic N) is 2. The zero-order valence-corrected chi connectivity index (χ0v) is 13.7. The molecule has 3 aromatic rings. The molecule has 6 nitrogen and oxygen atoms in total. The van der Waals surface area contributed by atoms with Crippen LogP contribution < -0.4 is 0 Å². The van der Waals surface area contributed by atoms with Crippen molar-refractivity contribution in [1.82, 2.24) is 0 Å². The number of ether oxygens (including phenoxy) is 1. The second-order valence-corrected chi connectivity index (χ2v) is 5.41. The maximum absolute atomic E-state index is 11.7. The van der Waals surface area contributed by atoms with Crippen molar-refractivity contribution in [2.24, 2.45) is 10.2 Å². The summed E-state index contributed by atoms with van der Waals surface area (Å²) in [7, 11) is 0. The highest BCUT2D eigenvalue weighted by Crippen LogP contribution is 2.36. The average molecular weight is 357 g/mol. The summed E-state index contributed by atoms with van der Waals surface area (Å²) in [5.41, 5.74) is 1.15. The number of azo groups is 1. The van der Waals surface area contributed by atoms with Crippen LogP contribution in [-0.2, 0) is 4.74 Å². The predicted octanol–water partition coefficient (Wildman–Crippen LogP) is 5.20. The average Bonchev–Trinajstić information content (AvgIpc) is 3.00. The van der Waals surface area contributed by atoms with Gasteiger partial charge in [0.15, 0.2) is 5.75 Å². The number of carbonyl (C=O) groups excluding carboxylic acids is 1. The Morgan fingerprint density at radius 3 is 2.56 bits per heavy atom. The molecule has 1 heterocycles. The number of furan rings is 1. The molecule has 0 aliphatic heterocycles. The molecule has 1 aromatic heterocycles. The van der Waals surface area contributed by atoms with Gasteiger partial charge < -0.3 is 14.3 Å². The van der Waals surface area contributed by atoms with Crippen LogP contribution in [0, 0.1) is 0 Å². The third-order valence-electron chi connectivity index (χ3n) is 3.25. The minimum atomic E-state index is -0.509. The Hall–Kier alpha value is -3.12. The molecular weight excluding hydrogens is 344 g/mol. The number of carbonyl (C=O) groups is 1. The van der Waals surface area contributed by atoms with E-state index in [1.54, 1.807) is 54.6 Å². The molecule has 0 bridgehead atoms. The quantitative estimate of drug-likeness (QED) is 0.502. The standard InChI is InChI=1S/C18H13ClN2O4/c19-14-8-6-12(7-9-14)16-10-15(22)17(25-16)21-20-11-24-18(23)13-4-2-1-3-5-13/h1-10,22H,11H2/b21-20+. The van der Waals surface area contributed by atoms with E-state index in [0.717, 1.165) is 5.56 Å². The van der Waals surface area contributed by atoms with Gasteiger partial charge in [-0.15, -0.1) is 10.2 Å². The Balaban J connectivity index is 1.62. The van der Waals surface area contributed by atoms with Crippen molar-refractivity contribution in [3.05, 3.63) is 71.2 Å². The molecule has 0 saturated carbocycles. The lowest BCUT2D eigenvalue weighted by atomic mass is 10.2. The van der Waals surface area contributed by atoms with Crippen LogP contribution in [0.4, 0.5) is 5.88 Å². The van der Waals surface area contributed by atoms with E-state index in [-0.39, 0.29) is 18.4 Å². The number of rotatable bonds is 5. The van der Waals surface area contributed by atoms with Gasteiger partial charge in [-0.3, -0.25) is 0 Å². The zero-order chi connectivity index (χ0) is 17.6. The minimum absolute atomic E-state index is 0.0688. The molecule has 7 heteroatoms. The van der Waals surface area contributed by atoms with Crippen LogP contribution in [0.15, 0.2) is 75.3 Å². The molecule has 0 amide bonds. The Bertz CT molecular complexity index is 889. The molecule has 25 heavy (non-hydrogen) atoms. The van der Waals surface area contributed by atoms with Crippen molar-refractivity contribution >= 4 is 23.5 Å². The molecule has 0 saturated heterocycles. The van der Waals surface area contributed by atoms with Gasteiger partial charge in [0.05, 0.1) is 5.56 Å². The number of esters is 1. The van der Waals surface area contributed by atoms with E-state index in [9.17, 15) is 9.90 Å². The molecule has 0 aliphatic rings. The van der Waals surface area contributed by atoms with E-state index in [2.05, 4.69) is 10.2 Å². The van der Waals surface area contributed by atoms with Crippen molar-refractivity contribution in [2.45, 2.75) is 0 Å². The fourth-order valence-corrected chi connectivity index (χ4v) is 2.16. The first-order valence-electron chi connectivity index (χ1n) is 7.32. The first-order valence-corrected chi connectivity index (χ1v) is 7.69. The largest absolute Gasteiger partial charge is 0.503 e. The molecular formula is C18H13ClN2O4. The topological polar surface area (TPSA) is 84.4 Å². The van der Waals surface area contributed by atoms with Gasteiger partial charge in [-0.1, -0.05) is 29.8 Å². The van der Waals surface area contributed by atoms with Gasteiger partial charge in [0, 0.05) is 16.7 Å². The fourth-order valence-electron chi connectivity index (χ4n) is 2.04. The van der Waals surface area contributed by atoms with Crippen LogP contribution >= 0.6 is 11.6 Å². The predicted molar refractivity (Wildman–Crippen MR) is 92.1 cm³/mol. The first-order chi connectivity index (χ1) is 12.1. The van der Waals surface area contributed by atoms with Crippen LogP contribution in [-0.4, -0.2) is 17.8 Å². The van der Waals surface area contributed by atoms with Crippen LogP contribution in [0.3, 0.4) is 0 Å². The van der Waals surface area contributed by atoms with E-state index in [4.69, 9.17) is 20.8 Å². The Morgan fingerprint density at radius 2 is 1.84 bits per heavy atom. The summed E-state index contributed by atoms with van der Waals surface area (Å²) in [6, 6.07) is 16.9. The maximum atomic E-state index is 11.7. The number of halogens is 1. The first kappa shape index (κ1) is 16.7. The maximum Gasteiger partial charge on any atom is 0.339 e. The van der Waals surface area contributed by atoms with Gasteiger partial charge in [-0.25, -0.2) is 4.79 Å². The molecule has 0 fully saturated rings. The smallest absolute Gasteiger partial charge is 0.339 e. The third kappa shape index (κ3) is 4.24. The number of aromatic hydroxyl groups is 1. The number of hydrogen-bond donors (Lipinski definition) is 1. The lowest BCUT2D eigenvalue weighted by Gasteiger charge is -1.99. The van der Waals surface area contributed by atoms with Crippen LogP contribution in [0.1, 0.15) is 10.4 Å². The summed E-state index contributed by atoms with van der Waals surface area (Å²) in [5.74, 6) is -0.321. The highest BCUT2D eigenvalue weighted by Gasteiger charge is 2.11. The van der Waals surface area contributed by atoms with Crippen molar-refractivity contribution in [3.8, 4) is 17.1 Å². The Morgan fingerprint density at radius 1 is 1.12 bits per heavy atom. The van der Waals surface area contributed by atoms with E-state index < -0.39 is 5.97 Å². The van der Waals surface area contributed by atoms with Crippen molar-refractivity contribution in [2.75, 3.05) is 6.73 Å². The Labute approximate surface area is 148 Å². The summed E-state index contributed by atoms with van der Waals surface area (Å²) in [5, 5.41) is 17.9. The van der Waals surface area contributed by atoms with E-state index >= 15 is 0 Å². The lowest BCUT2D eigenvalue weighted by molar-refractivity contribution is 0.0510. The molecule has 126 valence electrons. The normalized spacial score (nSPS) is 10.9. The molecule has 0 spiro atoms. The summed E-state index contributed by atoms with van der Waals surface area (Å²) >= 11 is 5.83. The van der Waals surface area contributed by atoms with Crippen molar-refractivity contribution in [3.63, 3.8) is 0 Å². The fraction of sp³-hybridized carbons (Fsp3) is 0.0556. The zero-order valence-electron chi connectivity index (χ0n) is 12.9. The van der Waals surface area contributed by atoms with Gasteiger partial charge in [-0.2, -0.15) is 0 Å². The van der Waals surface area contributed by atoms with E-state index in [0.29, 0.717) is 16.3 Å². The molecule has 3 rings (SSSR count). The summed E-state index contributed by atoms with van der Waals surface area (Å²) in [6.07, 6.45) is 0. The minimum Gasteiger partial charge on any atom is -0.503 e. The summed E-state index contributed by atoms with van der Waals surface area (Å²) in [4.78, 5) is 11.7. The second-order valence-electron chi connectivity index (χ2n) is 4.98. The molecule has 1 N–H and O–H groups in total. The van der Waals surface area contributed by atoms with Crippen LogP contribution in [0.2, 0.25) is 5.02 Å². The second kappa shape index (κ2) is 7.63. The highest BCUT2D eigenvalue weighted by molar-refractivity contribution is 6.30. The third-order valence-corrected chi connectivity index (χ3v) is 3.50. The molecule has 0 unspecified atom stereocenters. The van der Waals surface area contributed by atoms with Crippen LogP contribution in [0.25, 0.3) is 11.3 Å². The molecule has 0 radical (unpaired) electrons. The van der Waals surface area contributed by atoms with Gasteiger partial charge in [0.2, 0.25) is 6.73 Å². The Kier molecular flexibility index (Phi) is 5.11. The monoisotopic (exact) mass is 356 g/mol. The summed E-state index contributed by atoms with van der Waals surface area (Å²) in [6.45, 7) is -0.288. The van der Waals surface area contributed by atoms with Crippen molar-refractivity contribution in [1.29, 1.82) is 0 Å². The number of benzene rings is 2. The molecule has 0 atom stereocenters. The van der Waals surface area contributed by atoms with Crippen molar-refractivity contribution < 1.29 is 19.1 Å². The van der Waals surface area contributed by atoms with E-state index in [1.165, 1.54) is 6.07 Å². The van der Waals surface area contributed by atoms with Gasteiger partial charge in [-0.05, 0) is 36.4 Å².